The number of hydrogen-bond donors (Lipinski definition) is 2. The second-order valence-corrected chi connectivity index (χ2v) is 4.95. The summed E-state index contributed by atoms with van der Waals surface area (Å²) in [7, 11) is 0. The standard InChI is InChI=1S/C13H14N4O/c1-13(3-4-13)12(18)16-10-6-9(7-14-8-10)11-2-5-15-17-11/h2,5-8H,3-4H2,1H3,(H,15,17)(H,16,18). The molecule has 92 valence electrons. The Kier molecular flexibility index (Phi) is 2.40. The molecule has 0 unspecified atom stereocenters. The predicted octanol–water partition coefficient (Wildman–Crippen LogP) is 2.21. The highest BCUT2D eigenvalue weighted by molar-refractivity contribution is 5.97. The minimum atomic E-state index is -0.177. The zero-order valence-corrected chi connectivity index (χ0v) is 10.1. The molecule has 1 fully saturated rings. The van der Waals surface area contributed by atoms with Crippen LogP contribution in [-0.4, -0.2) is 21.1 Å². The van der Waals surface area contributed by atoms with E-state index in [2.05, 4.69) is 20.5 Å². The van der Waals surface area contributed by atoms with Gasteiger partial charge in [0.25, 0.3) is 0 Å². The minimum Gasteiger partial charge on any atom is -0.324 e. The molecule has 1 aliphatic rings. The molecular weight excluding hydrogens is 228 g/mol. The quantitative estimate of drug-likeness (QED) is 0.866. The SMILES string of the molecule is CC1(C(=O)Nc2cncc(-c3ccn[nH]3)c2)CC1. The average molecular weight is 242 g/mol. The first-order valence-corrected chi connectivity index (χ1v) is 5.94. The van der Waals surface area contributed by atoms with Crippen LogP contribution in [0.1, 0.15) is 19.8 Å². The highest BCUT2D eigenvalue weighted by Crippen LogP contribution is 2.45. The number of amides is 1. The number of pyridine rings is 1. The van der Waals surface area contributed by atoms with Crippen molar-refractivity contribution in [1.29, 1.82) is 0 Å². The maximum Gasteiger partial charge on any atom is 0.230 e. The van der Waals surface area contributed by atoms with Gasteiger partial charge in [0.05, 0.1) is 17.6 Å². The van der Waals surface area contributed by atoms with Crippen LogP contribution in [-0.2, 0) is 4.79 Å². The fourth-order valence-corrected chi connectivity index (χ4v) is 1.77. The molecule has 1 amide bonds. The molecule has 0 bridgehead atoms. The first-order valence-electron chi connectivity index (χ1n) is 5.94. The third kappa shape index (κ3) is 1.99. The molecule has 0 atom stereocenters. The summed E-state index contributed by atoms with van der Waals surface area (Å²) in [4.78, 5) is 16.1. The molecule has 5 heteroatoms. The molecule has 2 N–H and O–H groups in total. The van der Waals surface area contributed by atoms with E-state index in [0.717, 1.165) is 29.8 Å². The molecule has 3 rings (SSSR count). The van der Waals surface area contributed by atoms with Crippen molar-refractivity contribution in [1.82, 2.24) is 15.2 Å². The van der Waals surface area contributed by atoms with Gasteiger partial charge in [0.2, 0.25) is 5.91 Å². The lowest BCUT2D eigenvalue weighted by molar-refractivity contribution is -0.120. The number of H-pyrrole nitrogens is 1. The van der Waals surface area contributed by atoms with Gasteiger partial charge in [0, 0.05) is 23.4 Å². The smallest absolute Gasteiger partial charge is 0.230 e. The first-order chi connectivity index (χ1) is 8.67. The Hall–Kier alpha value is -2.17. The normalized spacial score (nSPS) is 16.3. The van der Waals surface area contributed by atoms with E-state index in [9.17, 15) is 4.79 Å². The van der Waals surface area contributed by atoms with E-state index in [4.69, 9.17) is 0 Å². The number of nitrogens with zero attached hydrogens (tertiary/aromatic N) is 2. The van der Waals surface area contributed by atoms with Crippen molar-refractivity contribution in [2.45, 2.75) is 19.8 Å². The Labute approximate surface area is 105 Å². The summed E-state index contributed by atoms with van der Waals surface area (Å²) in [6, 6.07) is 3.76. The van der Waals surface area contributed by atoms with Crippen LogP contribution in [0.2, 0.25) is 0 Å². The van der Waals surface area contributed by atoms with E-state index in [-0.39, 0.29) is 11.3 Å². The number of carbonyl (C=O) groups is 1. The molecule has 2 heterocycles. The molecule has 2 aromatic heterocycles. The maximum absolute atomic E-state index is 11.9. The Balaban J connectivity index is 1.81. The number of hydrogen-bond acceptors (Lipinski definition) is 3. The van der Waals surface area contributed by atoms with Gasteiger partial charge in [0.1, 0.15) is 0 Å². The monoisotopic (exact) mass is 242 g/mol. The molecule has 2 aromatic rings. The van der Waals surface area contributed by atoms with Gasteiger partial charge in [-0.1, -0.05) is 6.92 Å². The van der Waals surface area contributed by atoms with Crippen LogP contribution in [0, 0.1) is 5.41 Å². The third-order valence-electron chi connectivity index (χ3n) is 3.36. The summed E-state index contributed by atoms with van der Waals surface area (Å²) >= 11 is 0. The van der Waals surface area contributed by atoms with Crippen LogP contribution >= 0.6 is 0 Å². The van der Waals surface area contributed by atoms with Crippen molar-refractivity contribution >= 4 is 11.6 Å². The van der Waals surface area contributed by atoms with Gasteiger partial charge in [-0.15, -0.1) is 0 Å². The number of rotatable bonds is 3. The lowest BCUT2D eigenvalue weighted by Crippen LogP contribution is -2.21. The van der Waals surface area contributed by atoms with Gasteiger partial charge in [-0.25, -0.2) is 0 Å². The maximum atomic E-state index is 11.9. The fraction of sp³-hybridized carbons (Fsp3) is 0.308. The van der Waals surface area contributed by atoms with Crippen LogP contribution in [0.25, 0.3) is 11.3 Å². The van der Waals surface area contributed by atoms with Gasteiger partial charge >= 0.3 is 0 Å². The Morgan fingerprint density at radius 3 is 2.94 bits per heavy atom. The average Bonchev–Trinajstić information content (AvgIpc) is 2.93. The fourth-order valence-electron chi connectivity index (χ4n) is 1.77. The molecule has 0 saturated heterocycles. The Morgan fingerprint density at radius 2 is 2.28 bits per heavy atom. The molecule has 1 aliphatic carbocycles. The molecule has 5 nitrogen and oxygen atoms in total. The molecule has 1 saturated carbocycles. The lowest BCUT2D eigenvalue weighted by atomic mass is 10.1. The van der Waals surface area contributed by atoms with Gasteiger partial charge in [0.15, 0.2) is 0 Å². The van der Waals surface area contributed by atoms with E-state index in [0.29, 0.717) is 0 Å². The second kappa shape index (κ2) is 3.94. The minimum absolute atomic E-state index is 0.0751. The third-order valence-corrected chi connectivity index (χ3v) is 3.36. The van der Waals surface area contributed by atoms with Crippen molar-refractivity contribution in [2.75, 3.05) is 5.32 Å². The van der Waals surface area contributed by atoms with Crippen molar-refractivity contribution < 1.29 is 4.79 Å². The van der Waals surface area contributed by atoms with Crippen LogP contribution in [0.15, 0.2) is 30.7 Å². The molecule has 0 spiro atoms. The summed E-state index contributed by atoms with van der Waals surface area (Å²) in [5, 5.41) is 9.68. The molecule has 18 heavy (non-hydrogen) atoms. The van der Waals surface area contributed by atoms with Crippen LogP contribution < -0.4 is 5.32 Å². The summed E-state index contributed by atoms with van der Waals surface area (Å²) in [6.45, 7) is 1.98. The molecular formula is C13H14N4O. The molecule has 0 radical (unpaired) electrons. The van der Waals surface area contributed by atoms with Crippen LogP contribution in [0.4, 0.5) is 5.69 Å². The van der Waals surface area contributed by atoms with Crippen molar-refractivity contribution in [3.05, 3.63) is 30.7 Å². The van der Waals surface area contributed by atoms with E-state index in [1.54, 1.807) is 18.6 Å². The topological polar surface area (TPSA) is 70.7 Å². The second-order valence-electron chi connectivity index (χ2n) is 4.95. The highest BCUT2D eigenvalue weighted by Gasteiger charge is 2.44. The number of aromatic nitrogens is 3. The Morgan fingerprint density at radius 1 is 1.44 bits per heavy atom. The number of nitrogens with one attached hydrogen (secondary N) is 2. The summed E-state index contributed by atoms with van der Waals surface area (Å²) in [5.41, 5.74) is 2.34. The van der Waals surface area contributed by atoms with Crippen molar-refractivity contribution in [2.24, 2.45) is 5.41 Å². The van der Waals surface area contributed by atoms with E-state index >= 15 is 0 Å². The highest BCUT2D eigenvalue weighted by atomic mass is 16.2. The first kappa shape index (κ1) is 11.0. The number of anilines is 1. The van der Waals surface area contributed by atoms with Gasteiger partial charge in [-0.2, -0.15) is 5.10 Å². The number of carbonyl (C=O) groups excluding carboxylic acids is 1. The van der Waals surface area contributed by atoms with Crippen molar-refractivity contribution in [3.63, 3.8) is 0 Å². The summed E-state index contributed by atoms with van der Waals surface area (Å²) in [5.74, 6) is 0.0751. The van der Waals surface area contributed by atoms with E-state index < -0.39 is 0 Å². The van der Waals surface area contributed by atoms with Crippen LogP contribution in [0.3, 0.4) is 0 Å². The van der Waals surface area contributed by atoms with Gasteiger partial charge in [-0.05, 0) is 25.0 Å². The number of aromatic amines is 1. The predicted molar refractivity (Wildman–Crippen MR) is 67.8 cm³/mol. The summed E-state index contributed by atoms with van der Waals surface area (Å²) < 4.78 is 0. The van der Waals surface area contributed by atoms with Crippen LogP contribution in [0.5, 0.6) is 0 Å². The largest absolute Gasteiger partial charge is 0.324 e. The Bertz CT molecular complexity index is 572. The van der Waals surface area contributed by atoms with E-state index in [1.807, 2.05) is 19.1 Å². The zero-order chi connectivity index (χ0) is 12.6. The van der Waals surface area contributed by atoms with Gasteiger partial charge < -0.3 is 5.32 Å². The molecule has 0 aromatic carbocycles. The van der Waals surface area contributed by atoms with E-state index in [1.165, 1.54) is 0 Å². The zero-order valence-electron chi connectivity index (χ0n) is 10.1. The lowest BCUT2D eigenvalue weighted by Gasteiger charge is -2.10. The molecule has 0 aliphatic heterocycles. The van der Waals surface area contributed by atoms with Crippen molar-refractivity contribution in [3.8, 4) is 11.3 Å². The summed E-state index contributed by atoms with van der Waals surface area (Å²) in [6.07, 6.45) is 7.01. The van der Waals surface area contributed by atoms with Gasteiger partial charge in [-0.3, -0.25) is 14.9 Å².